The molecule has 0 aliphatic heterocycles. The normalized spacial score (nSPS) is 12.7. The van der Waals surface area contributed by atoms with Crippen LogP contribution in [-0.2, 0) is 16.9 Å². The zero-order valence-corrected chi connectivity index (χ0v) is 19.8. The molecule has 1 atom stereocenters. The molecule has 0 bridgehead atoms. The highest BCUT2D eigenvalue weighted by atomic mass is 32.2. The molecule has 1 aromatic carbocycles. The predicted molar refractivity (Wildman–Crippen MR) is 123 cm³/mol. The number of nitrogens with one attached hydrogen (secondary N) is 1. The van der Waals surface area contributed by atoms with Gasteiger partial charge in [-0.2, -0.15) is 19.0 Å². The second kappa shape index (κ2) is 9.41. The van der Waals surface area contributed by atoms with E-state index < -0.39 is 27.6 Å². The second-order valence-corrected chi connectivity index (χ2v) is 10.1. The number of aryl methyl sites for hydroxylation is 1. The number of rotatable bonds is 8. The number of ether oxygens (including phenoxy) is 1. The van der Waals surface area contributed by atoms with E-state index in [0.717, 1.165) is 6.07 Å². The molecule has 1 amide bonds. The molecule has 0 fully saturated rings. The van der Waals surface area contributed by atoms with Crippen LogP contribution in [0.1, 0.15) is 30.6 Å². The molecular weight excluding hydrogens is 482 g/mol. The lowest BCUT2D eigenvalue weighted by Crippen LogP contribution is -2.17. The van der Waals surface area contributed by atoms with Gasteiger partial charge in [0.25, 0.3) is 5.91 Å². The summed E-state index contributed by atoms with van der Waals surface area (Å²) in [6.45, 7) is 0.145. The van der Waals surface area contributed by atoms with Crippen LogP contribution in [0, 0.1) is 0 Å². The SMILES string of the molecule is CCC(C)S(=O)(=O)c1ccc(OC(F)F)c(-c2nn(C)cc2NC(=O)c2cnn3cccnc23)c1. The van der Waals surface area contributed by atoms with E-state index in [4.69, 9.17) is 0 Å². The lowest BCUT2D eigenvalue weighted by atomic mass is 10.1. The number of amides is 1. The molecule has 0 saturated carbocycles. The zero-order valence-electron chi connectivity index (χ0n) is 19.0. The number of carbonyl (C=O) groups excluding carboxylic acids is 1. The van der Waals surface area contributed by atoms with Gasteiger partial charge in [-0.25, -0.2) is 17.9 Å². The summed E-state index contributed by atoms with van der Waals surface area (Å²) in [6.07, 6.45) is 6.32. The van der Waals surface area contributed by atoms with Crippen LogP contribution >= 0.6 is 0 Å². The number of fused-ring (bicyclic) bond motifs is 1. The summed E-state index contributed by atoms with van der Waals surface area (Å²) in [4.78, 5) is 17.1. The van der Waals surface area contributed by atoms with Crippen LogP contribution in [0.4, 0.5) is 14.5 Å². The third-order valence-corrected chi connectivity index (χ3v) is 7.76. The molecule has 1 unspecified atom stereocenters. The molecule has 4 rings (SSSR count). The summed E-state index contributed by atoms with van der Waals surface area (Å²) in [6, 6.07) is 5.26. The third-order valence-electron chi connectivity index (χ3n) is 5.46. The Balaban J connectivity index is 1.80. The number of benzene rings is 1. The lowest BCUT2D eigenvalue weighted by Gasteiger charge is -2.15. The average molecular weight is 505 g/mol. The monoisotopic (exact) mass is 504 g/mol. The maximum atomic E-state index is 13.1. The zero-order chi connectivity index (χ0) is 25.3. The highest BCUT2D eigenvalue weighted by Crippen LogP contribution is 2.37. The number of alkyl halides is 2. The van der Waals surface area contributed by atoms with Crippen LogP contribution in [0.5, 0.6) is 5.75 Å². The van der Waals surface area contributed by atoms with Crippen LogP contribution in [0.15, 0.2) is 53.9 Å². The van der Waals surface area contributed by atoms with Crippen LogP contribution < -0.4 is 10.1 Å². The van der Waals surface area contributed by atoms with E-state index in [1.165, 1.54) is 39.9 Å². The summed E-state index contributed by atoms with van der Waals surface area (Å²) in [5.74, 6) is -0.845. The fourth-order valence-electron chi connectivity index (χ4n) is 3.48. The first-order chi connectivity index (χ1) is 16.6. The topological polar surface area (TPSA) is 120 Å². The summed E-state index contributed by atoms with van der Waals surface area (Å²) in [7, 11) is -2.17. The number of anilines is 1. The molecule has 3 heterocycles. The number of nitrogens with zero attached hydrogens (tertiary/aromatic N) is 5. The molecule has 0 aliphatic rings. The number of halogens is 2. The van der Waals surface area contributed by atoms with Crippen LogP contribution in [-0.4, -0.2) is 50.6 Å². The minimum atomic E-state index is -3.74. The van der Waals surface area contributed by atoms with Crippen molar-refractivity contribution in [2.24, 2.45) is 7.05 Å². The Bertz CT molecular complexity index is 1500. The Hall–Kier alpha value is -3.87. The maximum absolute atomic E-state index is 13.1. The Kier molecular flexibility index (Phi) is 6.52. The molecular formula is C22H22F2N6O4S. The molecule has 4 aromatic rings. The molecule has 10 nitrogen and oxygen atoms in total. The van der Waals surface area contributed by atoms with Crippen LogP contribution in [0.25, 0.3) is 16.9 Å². The first-order valence-electron chi connectivity index (χ1n) is 10.6. The van der Waals surface area contributed by atoms with Gasteiger partial charge in [-0.3, -0.25) is 9.48 Å². The smallest absolute Gasteiger partial charge is 0.387 e. The van der Waals surface area contributed by atoms with E-state index in [-0.39, 0.29) is 33.2 Å². The molecule has 35 heavy (non-hydrogen) atoms. The van der Waals surface area contributed by atoms with Crippen molar-refractivity contribution in [3.8, 4) is 17.0 Å². The Morgan fingerprint density at radius 3 is 2.77 bits per heavy atom. The van der Waals surface area contributed by atoms with Crippen LogP contribution in [0.3, 0.4) is 0 Å². The molecule has 184 valence electrons. The molecule has 1 N–H and O–H groups in total. The quantitative estimate of drug-likeness (QED) is 0.390. The Labute approximate surface area is 199 Å². The molecule has 0 aliphatic carbocycles. The Morgan fingerprint density at radius 2 is 2.06 bits per heavy atom. The molecule has 3 aromatic heterocycles. The minimum absolute atomic E-state index is 0.0106. The van der Waals surface area contributed by atoms with Crippen LogP contribution in [0.2, 0.25) is 0 Å². The number of carbonyl (C=O) groups is 1. The van der Waals surface area contributed by atoms with Gasteiger partial charge < -0.3 is 10.1 Å². The fourth-order valence-corrected chi connectivity index (χ4v) is 4.92. The molecule has 0 saturated heterocycles. The van der Waals surface area contributed by atoms with Gasteiger partial charge in [-0.1, -0.05) is 6.92 Å². The van der Waals surface area contributed by atoms with Gasteiger partial charge in [0.05, 0.1) is 22.0 Å². The van der Waals surface area contributed by atoms with Gasteiger partial charge in [-0.15, -0.1) is 0 Å². The number of hydrogen-bond acceptors (Lipinski definition) is 7. The van der Waals surface area contributed by atoms with Gasteiger partial charge in [0.1, 0.15) is 17.0 Å². The first kappa shape index (κ1) is 24.3. The van der Waals surface area contributed by atoms with E-state index in [0.29, 0.717) is 12.1 Å². The van der Waals surface area contributed by atoms with Crippen molar-refractivity contribution in [3.05, 3.63) is 54.6 Å². The van der Waals surface area contributed by atoms with Gasteiger partial charge in [0.15, 0.2) is 15.5 Å². The molecule has 0 spiro atoms. The van der Waals surface area contributed by atoms with Crippen molar-refractivity contribution >= 4 is 27.1 Å². The number of hydrogen-bond donors (Lipinski definition) is 1. The highest BCUT2D eigenvalue weighted by molar-refractivity contribution is 7.92. The average Bonchev–Trinajstić information content (AvgIpc) is 3.41. The van der Waals surface area contributed by atoms with Crippen molar-refractivity contribution < 1.29 is 26.7 Å². The maximum Gasteiger partial charge on any atom is 0.387 e. The standard InChI is InChI=1S/C22H22F2N6O4S/c1-4-13(2)35(32,33)14-6-7-18(34-22(23)24)15(10-14)19-17(12-29(3)28-19)27-21(31)16-11-26-30-9-5-8-25-20(16)30/h5-13,22H,4H2,1-3H3,(H,27,31). The van der Waals surface area contributed by atoms with E-state index in [2.05, 4.69) is 25.2 Å². The summed E-state index contributed by atoms with van der Waals surface area (Å²) in [5.41, 5.74) is 0.701. The largest absolute Gasteiger partial charge is 0.434 e. The minimum Gasteiger partial charge on any atom is -0.434 e. The van der Waals surface area contributed by atoms with Crippen molar-refractivity contribution in [2.45, 2.75) is 37.0 Å². The first-order valence-corrected chi connectivity index (χ1v) is 12.1. The van der Waals surface area contributed by atoms with Crippen molar-refractivity contribution in [3.63, 3.8) is 0 Å². The summed E-state index contributed by atoms with van der Waals surface area (Å²) >= 11 is 0. The van der Waals surface area contributed by atoms with E-state index in [1.54, 1.807) is 33.2 Å². The lowest BCUT2D eigenvalue weighted by molar-refractivity contribution is -0.0494. The molecule has 13 heteroatoms. The third kappa shape index (κ3) is 4.71. The van der Waals surface area contributed by atoms with Crippen molar-refractivity contribution in [2.75, 3.05) is 5.32 Å². The van der Waals surface area contributed by atoms with Gasteiger partial charge in [0, 0.05) is 31.2 Å². The van der Waals surface area contributed by atoms with E-state index in [9.17, 15) is 22.0 Å². The Morgan fingerprint density at radius 1 is 1.29 bits per heavy atom. The summed E-state index contributed by atoms with van der Waals surface area (Å²) < 4.78 is 59.5. The van der Waals surface area contributed by atoms with Crippen molar-refractivity contribution in [1.29, 1.82) is 0 Å². The highest BCUT2D eigenvalue weighted by Gasteiger charge is 2.26. The summed E-state index contributed by atoms with van der Waals surface area (Å²) in [5, 5.41) is 10.4. The van der Waals surface area contributed by atoms with Gasteiger partial charge in [0.2, 0.25) is 0 Å². The number of aromatic nitrogens is 5. The number of sulfone groups is 1. The fraction of sp³-hybridized carbons (Fsp3) is 0.273. The predicted octanol–water partition coefficient (Wildman–Crippen LogP) is 3.56. The van der Waals surface area contributed by atoms with Gasteiger partial charge >= 0.3 is 6.61 Å². The van der Waals surface area contributed by atoms with Crippen molar-refractivity contribution in [1.82, 2.24) is 24.4 Å². The van der Waals surface area contributed by atoms with E-state index in [1.807, 2.05) is 0 Å². The molecule has 0 radical (unpaired) electrons. The second-order valence-electron chi connectivity index (χ2n) is 7.77. The van der Waals surface area contributed by atoms with Gasteiger partial charge in [-0.05, 0) is 37.6 Å². The van der Waals surface area contributed by atoms with E-state index >= 15 is 0 Å².